The number of hydrogen-bond donors (Lipinski definition) is 0. The van der Waals surface area contributed by atoms with Gasteiger partial charge in [-0.05, 0) is 31.3 Å². The van der Waals surface area contributed by atoms with Crippen molar-refractivity contribution in [3.05, 3.63) is 17.1 Å². The topological polar surface area (TPSA) is 35.5 Å². The van der Waals surface area contributed by atoms with E-state index in [4.69, 9.17) is 9.05 Å². The van der Waals surface area contributed by atoms with Crippen molar-refractivity contribution in [2.24, 2.45) is 0 Å². The van der Waals surface area contributed by atoms with Crippen molar-refractivity contribution >= 4 is 7.60 Å². The molecular formula is C9H15O3P. The van der Waals surface area contributed by atoms with Gasteiger partial charge in [0.25, 0.3) is 0 Å². The minimum absolute atomic E-state index is 1.06. The molecule has 0 aromatic carbocycles. The first-order valence-corrected chi connectivity index (χ1v) is 5.98. The third-order valence-corrected chi connectivity index (χ3v) is 3.61. The Labute approximate surface area is 79.0 Å². The van der Waals surface area contributed by atoms with Crippen molar-refractivity contribution in [3.63, 3.8) is 0 Å². The van der Waals surface area contributed by atoms with Crippen LogP contribution < -0.4 is 0 Å². The lowest BCUT2D eigenvalue weighted by molar-refractivity contribution is 0.286. The van der Waals surface area contributed by atoms with E-state index in [-0.39, 0.29) is 0 Å². The van der Waals surface area contributed by atoms with Gasteiger partial charge >= 0.3 is 7.60 Å². The molecule has 0 unspecified atom stereocenters. The minimum Gasteiger partial charge on any atom is -0.309 e. The zero-order valence-electron chi connectivity index (χ0n) is 8.08. The zero-order valence-corrected chi connectivity index (χ0v) is 8.97. The van der Waals surface area contributed by atoms with Gasteiger partial charge in [0.2, 0.25) is 0 Å². The Bertz CT molecular complexity index is 261. The maximum absolute atomic E-state index is 11.5. The van der Waals surface area contributed by atoms with Crippen molar-refractivity contribution in [1.82, 2.24) is 0 Å². The first kappa shape index (κ1) is 10.7. The number of rotatable bonds is 3. The van der Waals surface area contributed by atoms with Crippen molar-refractivity contribution < 1.29 is 13.6 Å². The molecule has 0 aromatic rings. The first-order valence-electron chi connectivity index (χ1n) is 4.37. The van der Waals surface area contributed by atoms with E-state index in [1.807, 2.05) is 0 Å². The second kappa shape index (κ2) is 4.78. The van der Waals surface area contributed by atoms with Crippen molar-refractivity contribution in [3.8, 4) is 0 Å². The van der Waals surface area contributed by atoms with Crippen LogP contribution in [0.4, 0.5) is 0 Å². The zero-order chi connectivity index (χ0) is 9.73. The molecule has 0 amide bonds. The molecule has 0 spiro atoms. The molecule has 13 heavy (non-hydrogen) atoms. The molecule has 3 nitrogen and oxygen atoms in total. The van der Waals surface area contributed by atoms with Crippen LogP contribution in [-0.4, -0.2) is 14.2 Å². The van der Waals surface area contributed by atoms with Crippen LogP contribution in [0.3, 0.4) is 0 Å². The van der Waals surface area contributed by atoms with Gasteiger partial charge in [0.15, 0.2) is 0 Å². The smallest absolute Gasteiger partial charge is 0.309 e. The molecule has 0 aliphatic heterocycles. The largest absolute Gasteiger partial charge is 0.361 e. The molecule has 1 aliphatic rings. The highest BCUT2D eigenvalue weighted by atomic mass is 31.2. The molecule has 1 fully saturated rings. The third kappa shape index (κ3) is 3.13. The van der Waals surface area contributed by atoms with Gasteiger partial charge in [-0.2, -0.15) is 0 Å². The molecule has 0 saturated heterocycles. The van der Waals surface area contributed by atoms with Crippen LogP contribution in [0.1, 0.15) is 25.7 Å². The Balaban J connectivity index is 2.74. The minimum atomic E-state index is -2.99. The summed E-state index contributed by atoms with van der Waals surface area (Å²) in [5, 5.41) is 0. The Morgan fingerprint density at radius 1 is 1.31 bits per heavy atom. The lowest BCUT2D eigenvalue weighted by Gasteiger charge is -2.06. The molecule has 4 heteroatoms. The first-order chi connectivity index (χ1) is 6.20. The van der Waals surface area contributed by atoms with E-state index in [1.165, 1.54) is 38.5 Å². The van der Waals surface area contributed by atoms with Crippen LogP contribution in [0.25, 0.3) is 0 Å². The molecule has 1 rings (SSSR count). The Morgan fingerprint density at radius 3 is 2.31 bits per heavy atom. The summed E-state index contributed by atoms with van der Waals surface area (Å²) in [6.45, 7) is 0. The van der Waals surface area contributed by atoms with Gasteiger partial charge in [-0.15, -0.1) is 5.73 Å². The van der Waals surface area contributed by atoms with E-state index in [0.717, 1.165) is 12.8 Å². The summed E-state index contributed by atoms with van der Waals surface area (Å²) in [6, 6.07) is 0. The van der Waals surface area contributed by atoms with Gasteiger partial charge in [-0.3, -0.25) is 4.57 Å². The summed E-state index contributed by atoms with van der Waals surface area (Å²) in [5.41, 5.74) is 4.22. The van der Waals surface area contributed by atoms with Gasteiger partial charge < -0.3 is 9.05 Å². The molecule has 1 saturated carbocycles. The molecular weight excluding hydrogens is 187 g/mol. The van der Waals surface area contributed by atoms with Crippen molar-refractivity contribution in [2.45, 2.75) is 25.7 Å². The summed E-state index contributed by atoms with van der Waals surface area (Å²) in [7, 11) is -0.237. The fourth-order valence-corrected chi connectivity index (χ4v) is 2.00. The Hall–Kier alpha value is -0.330. The molecule has 0 heterocycles. The van der Waals surface area contributed by atoms with E-state index in [0.29, 0.717) is 0 Å². The maximum Gasteiger partial charge on any atom is 0.361 e. The van der Waals surface area contributed by atoms with E-state index < -0.39 is 7.60 Å². The monoisotopic (exact) mass is 202 g/mol. The van der Waals surface area contributed by atoms with Gasteiger partial charge in [-0.25, -0.2) is 0 Å². The highest BCUT2D eigenvalue weighted by molar-refractivity contribution is 7.57. The summed E-state index contributed by atoms with van der Waals surface area (Å²) < 4.78 is 21.0. The van der Waals surface area contributed by atoms with Crippen LogP contribution in [0, 0.1) is 0 Å². The molecule has 0 radical (unpaired) electrons. The van der Waals surface area contributed by atoms with Gasteiger partial charge in [0.05, 0.1) is 5.82 Å². The normalized spacial score (nSPS) is 17.2. The van der Waals surface area contributed by atoms with Crippen LogP contribution in [0.2, 0.25) is 0 Å². The quantitative estimate of drug-likeness (QED) is 0.521. The van der Waals surface area contributed by atoms with E-state index in [1.54, 1.807) is 0 Å². The highest BCUT2D eigenvalue weighted by Crippen LogP contribution is 2.47. The van der Waals surface area contributed by atoms with E-state index >= 15 is 0 Å². The fourth-order valence-electron chi connectivity index (χ4n) is 1.30. The van der Waals surface area contributed by atoms with Crippen LogP contribution in [-0.2, 0) is 13.6 Å². The average molecular weight is 202 g/mol. The Morgan fingerprint density at radius 2 is 1.85 bits per heavy atom. The maximum atomic E-state index is 11.5. The van der Waals surface area contributed by atoms with Crippen LogP contribution in [0.5, 0.6) is 0 Å². The Kier molecular flexibility index (Phi) is 3.95. The molecule has 1 aliphatic carbocycles. The number of hydrogen-bond acceptors (Lipinski definition) is 3. The lowest BCUT2D eigenvalue weighted by Crippen LogP contribution is -1.82. The van der Waals surface area contributed by atoms with Gasteiger partial charge in [-0.1, -0.05) is 0 Å². The van der Waals surface area contributed by atoms with Gasteiger partial charge in [0.1, 0.15) is 0 Å². The summed E-state index contributed by atoms with van der Waals surface area (Å²) in [6.07, 6.45) is 4.54. The van der Waals surface area contributed by atoms with Crippen molar-refractivity contribution in [2.75, 3.05) is 14.2 Å². The summed E-state index contributed by atoms with van der Waals surface area (Å²) in [4.78, 5) is 0. The highest BCUT2D eigenvalue weighted by Gasteiger charge is 2.15. The standard InChI is InChI=1S/C9H15O3P/c1-11-13(10,12-2)8-7-9-5-3-4-6-9/h8H,3-6H2,1-2H3. The average Bonchev–Trinajstić information content (AvgIpc) is 2.67. The number of allylic oxidation sites excluding steroid dienone is 1. The second-order valence-corrected chi connectivity index (χ2v) is 5.06. The van der Waals surface area contributed by atoms with Crippen LogP contribution >= 0.6 is 7.60 Å². The molecule has 74 valence electrons. The molecule has 0 bridgehead atoms. The summed E-state index contributed by atoms with van der Waals surface area (Å²) >= 11 is 0. The summed E-state index contributed by atoms with van der Waals surface area (Å²) in [5.74, 6) is 1.42. The second-order valence-electron chi connectivity index (χ2n) is 2.99. The van der Waals surface area contributed by atoms with Crippen LogP contribution in [0.15, 0.2) is 17.1 Å². The third-order valence-electron chi connectivity index (χ3n) is 2.14. The SMILES string of the molecule is COP(=O)(C=C=C1CCCC1)OC. The van der Waals surface area contributed by atoms with E-state index in [2.05, 4.69) is 5.73 Å². The van der Waals surface area contributed by atoms with E-state index in [9.17, 15) is 4.57 Å². The van der Waals surface area contributed by atoms with Gasteiger partial charge in [0, 0.05) is 14.2 Å². The molecule has 0 N–H and O–H groups in total. The molecule has 0 aromatic heterocycles. The molecule has 0 atom stereocenters. The van der Waals surface area contributed by atoms with Crippen molar-refractivity contribution in [1.29, 1.82) is 0 Å². The lowest BCUT2D eigenvalue weighted by atomic mass is 10.2. The predicted octanol–water partition coefficient (Wildman–Crippen LogP) is 3.09. The predicted molar refractivity (Wildman–Crippen MR) is 51.7 cm³/mol. The fraction of sp³-hybridized carbons (Fsp3) is 0.667.